The number of amides is 1. The van der Waals surface area contributed by atoms with Gasteiger partial charge in [-0.2, -0.15) is 0 Å². The van der Waals surface area contributed by atoms with E-state index in [-0.39, 0.29) is 12.5 Å². The minimum Gasteiger partial charge on any atom is -0.395 e. The molecule has 2 rings (SSSR count). The SMILES string of the molecule is CCC1CC1NC(=O)c1ccc(C)cc1C#CCCO. The summed E-state index contributed by atoms with van der Waals surface area (Å²) in [5.74, 6) is 6.46. The largest absolute Gasteiger partial charge is 0.395 e. The third-order valence-corrected chi connectivity index (χ3v) is 3.64. The first-order valence-corrected chi connectivity index (χ1v) is 7.17. The van der Waals surface area contributed by atoms with Gasteiger partial charge in [-0.15, -0.1) is 0 Å². The molecule has 0 spiro atoms. The Balaban J connectivity index is 2.14. The summed E-state index contributed by atoms with van der Waals surface area (Å²) in [6.45, 7) is 4.17. The van der Waals surface area contributed by atoms with Gasteiger partial charge in [-0.05, 0) is 37.0 Å². The van der Waals surface area contributed by atoms with Gasteiger partial charge in [0.1, 0.15) is 0 Å². The first kappa shape index (κ1) is 14.6. The Morgan fingerprint density at radius 1 is 1.50 bits per heavy atom. The zero-order chi connectivity index (χ0) is 14.5. The lowest BCUT2D eigenvalue weighted by Crippen LogP contribution is -2.27. The molecule has 3 nitrogen and oxygen atoms in total. The van der Waals surface area contributed by atoms with E-state index in [2.05, 4.69) is 24.1 Å². The van der Waals surface area contributed by atoms with E-state index in [9.17, 15) is 4.79 Å². The molecule has 1 aromatic rings. The molecule has 1 saturated carbocycles. The van der Waals surface area contributed by atoms with Crippen molar-refractivity contribution in [3.8, 4) is 11.8 Å². The molecule has 0 heterocycles. The Labute approximate surface area is 120 Å². The average molecular weight is 271 g/mol. The molecule has 1 aliphatic rings. The monoisotopic (exact) mass is 271 g/mol. The number of aryl methyl sites for hydroxylation is 1. The Bertz CT molecular complexity index is 554. The molecule has 0 bridgehead atoms. The maximum absolute atomic E-state index is 12.3. The topological polar surface area (TPSA) is 49.3 Å². The molecule has 1 amide bonds. The highest BCUT2D eigenvalue weighted by molar-refractivity contribution is 5.97. The standard InChI is InChI=1S/C17H21NO2/c1-3-13-11-16(13)18-17(20)15-8-7-12(2)10-14(15)6-4-5-9-19/h7-8,10,13,16,19H,3,5,9,11H2,1-2H3,(H,18,20). The van der Waals surface area contributed by atoms with Gasteiger partial charge in [0, 0.05) is 18.0 Å². The van der Waals surface area contributed by atoms with Gasteiger partial charge in [0.25, 0.3) is 5.91 Å². The lowest BCUT2D eigenvalue weighted by molar-refractivity contribution is 0.0948. The number of benzene rings is 1. The summed E-state index contributed by atoms with van der Waals surface area (Å²) in [5, 5.41) is 11.8. The Kier molecular flexibility index (Phi) is 4.81. The van der Waals surface area contributed by atoms with Crippen LogP contribution in [-0.2, 0) is 0 Å². The second-order valence-electron chi connectivity index (χ2n) is 5.31. The highest BCUT2D eigenvalue weighted by Crippen LogP contribution is 2.33. The van der Waals surface area contributed by atoms with Gasteiger partial charge < -0.3 is 10.4 Å². The van der Waals surface area contributed by atoms with Gasteiger partial charge in [0.15, 0.2) is 0 Å². The minimum absolute atomic E-state index is 0.0423. The fraction of sp³-hybridized carbons (Fsp3) is 0.471. The van der Waals surface area contributed by atoms with E-state index in [0.29, 0.717) is 23.9 Å². The molecule has 2 unspecified atom stereocenters. The summed E-state index contributed by atoms with van der Waals surface area (Å²) in [4.78, 5) is 12.3. The molecule has 1 aromatic carbocycles. The number of hydrogen-bond acceptors (Lipinski definition) is 2. The summed E-state index contributed by atoms with van der Waals surface area (Å²) >= 11 is 0. The second-order valence-corrected chi connectivity index (χ2v) is 5.31. The van der Waals surface area contributed by atoms with Crippen LogP contribution >= 0.6 is 0 Å². The number of aliphatic hydroxyl groups is 1. The second kappa shape index (κ2) is 6.58. The zero-order valence-electron chi connectivity index (χ0n) is 12.1. The Morgan fingerprint density at radius 2 is 2.30 bits per heavy atom. The molecule has 0 aliphatic heterocycles. The number of rotatable bonds is 4. The maximum atomic E-state index is 12.3. The van der Waals surface area contributed by atoms with Crippen molar-refractivity contribution < 1.29 is 9.90 Å². The van der Waals surface area contributed by atoms with Gasteiger partial charge in [0.05, 0.1) is 12.2 Å². The fourth-order valence-electron chi connectivity index (χ4n) is 2.29. The number of carbonyl (C=O) groups is 1. The van der Waals surface area contributed by atoms with Crippen molar-refractivity contribution in [1.29, 1.82) is 0 Å². The molecule has 1 aliphatic carbocycles. The molecular weight excluding hydrogens is 250 g/mol. The van der Waals surface area contributed by atoms with Crippen LogP contribution in [0.25, 0.3) is 0 Å². The van der Waals surface area contributed by atoms with E-state index in [1.54, 1.807) is 0 Å². The molecule has 106 valence electrons. The van der Waals surface area contributed by atoms with E-state index < -0.39 is 0 Å². The van der Waals surface area contributed by atoms with Crippen molar-refractivity contribution in [2.24, 2.45) is 5.92 Å². The van der Waals surface area contributed by atoms with Gasteiger partial charge in [-0.25, -0.2) is 0 Å². The van der Waals surface area contributed by atoms with Crippen LogP contribution in [-0.4, -0.2) is 23.7 Å². The highest BCUT2D eigenvalue weighted by atomic mass is 16.2. The average Bonchev–Trinajstić information content (AvgIpc) is 3.17. The summed E-state index contributed by atoms with van der Waals surface area (Å²) in [6, 6.07) is 6.00. The van der Waals surface area contributed by atoms with E-state index in [1.807, 2.05) is 25.1 Å². The van der Waals surface area contributed by atoms with Crippen LogP contribution in [0.15, 0.2) is 18.2 Å². The van der Waals surface area contributed by atoms with Crippen LogP contribution in [0.1, 0.15) is 47.7 Å². The van der Waals surface area contributed by atoms with E-state index >= 15 is 0 Å². The summed E-state index contributed by atoms with van der Waals surface area (Å²) in [7, 11) is 0. The number of hydrogen-bond donors (Lipinski definition) is 2. The summed E-state index contributed by atoms with van der Waals surface area (Å²) in [6.07, 6.45) is 2.62. The Hall–Kier alpha value is -1.79. The van der Waals surface area contributed by atoms with E-state index in [1.165, 1.54) is 0 Å². The van der Waals surface area contributed by atoms with Crippen molar-refractivity contribution in [3.63, 3.8) is 0 Å². The molecule has 20 heavy (non-hydrogen) atoms. The molecule has 2 atom stereocenters. The van der Waals surface area contributed by atoms with Crippen molar-refractivity contribution in [1.82, 2.24) is 5.32 Å². The smallest absolute Gasteiger partial charge is 0.252 e. The fourth-order valence-corrected chi connectivity index (χ4v) is 2.29. The van der Waals surface area contributed by atoms with Crippen LogP contribution in [0.5, 0.6) is 0 Å². The van der Waals surface area contributed by atoms with Gasteiger partial charge in [-0.1, -0.05) is 31.3 Å². The zero-order valence-corrected chi connectivity index (χ0v) is 12.1. The molecule has 2 N–H and O–H groups in total. The van der Waals surface area contributed by atoms with Crippen LogP contribution < -0.4 is 5.32 Å². The van der Waals surface area contributed by atoms with Crippen molar-refractivity contribution in [2.45, 2.75) is 39.2 Å². The first-order chi connectivity index (χ1) is 9.65. The lowest BCUT2D eigenvalue weighted by atomic mass is 10.0. The predicted octanol–water partition coefficient (Wildman–Crippen LogP) is 2.26. The third kappa shape index (κ3) is 3.61. The van der Waals surface area contributed by atoms with Crippen LogP contribution in [0.3, 0.4) is 0 Å². The minimum atomic E-state index is -0.0424. The van der Waals surface area contributed by atoms with Crippen molar-refractivity contribution >= 4 is 5.91 Å². The number of aliphatic hydroxyl groups excluding tert-OH is 1. The molecular formula is C17H21NO2. The normalized spacial score (nSPS) is 19.9. The molecule has 0 aromatic heterocycles. The summed E-state index contributed by atoms with van der Waals surface area (Å²) in [5.41, 5.74) is 2.44. The van der Waals surface area contributed by atoms with Gasteiger partial charge in [-0.3, -0.25) is 4.79 Å². The third-order valence-electron chi connectivity index (χ3n) is 3.64. The molecule has 1 fully saturated rings. The van der Waals surface area contributed by atoms with Gasteiger partial charge in [0.2, 0.25) is 0 Å². The lowest BCUT2D eigenvalue weighted by Gasteiger charge is -2.07. The van der Waals surface area contributed by atoms with Crippen LogP contribution in [0.4, 0.5) is 0 Å². The molecule has 0 radical (unpaired) electrons. The van der Waals surface area contributed by atoms with E-state index in [0.717, 1.165) is 24.0 Å². The highest BCUT2D eigenvalue weighted by Gasteiger charge is 2.36. The van der Waals surface area contributed by atoms with Crippen LogP contribution in [0.2, 0.25) is 0 Å². The van der Waals surface area contributed by atoms with Crippen molar-refractivity contribution in [3.05, 3.63) is 34.9 Å². The van der Waals surface area contributed by atoms with Crippen LogP contribution in [0, 0.1) is 24.7 Å². The quantitative estimate of drug-likeness (QED) is 0.825. The number of carbonyl (C=O) groups excluding carboxylic acids is 1. The first-order valence-electron chi connectivity index (χ1n) is 7.17. The van der Waals surface area contributed by atoms with Gasteiger partial charge >= 0.3 is 0 Å². The van der Waals surface area contributed by atoms with E-state index in [4.69, 9.17) is 5.11 Å². The molecule has 3 heteroatoms. The van der Waals surface area contributed by atoms with Crippen molar-refractivity contribution in [2.75, 3.05) is 6.61 Å². The predicted molar refractivity (Wildman–Crippen MR) is 79.4 cm³/mol. The molecule has 0 saturated heterocycles. The Morgan fingerprint density at radius 3 is 2.95 bits per heavy atom. The summed E-state index contributed by atoms with van der Waals surface area (Å²) < 4.78 is 0. The maximum Gasteiger partial charge on any atom is 0.252 e. The number of nitrogens with one attached hydrogen (secondary N) is 1.